The molecule has 2 fully saturated rings. The van der Waals surface area contributed by atoms with Crippen LogP contribution in [-0.4, -0.2) is 36.1 Å². The second kappa shape index (κ2) is 5.49. The van der Waals surface area contributed by atoms with Gasteiger partial charge in [-0.3, -0.25) is 4.90 Å². The zero-order valence-corrected chi connectivity index (χ0v) is 12.2. The molecule has 0 aliphatic carbocycles. The van der Waals surface area contributed by atoms with E-state index in [1.54, 1.807) is 0 Å². The van der Waals surface area contributed by atoms with Crippen LogP contribution in [0, 0.1) is 6.92 Å². The molecule has 2 aliphatic heterocycles. The molecule has 1 atom stereocenters. The minimum atomic E-state index is 0.602. The summed E-state index contributed by atoms with van der Waals surface area (Å²) in [6.45, 7) is 9.27. The lowest BCUT2D eigenvalue weighted by Crippen LogP contribution is -2.24. The molecule has 19 heavy (non-hydrogen) atoms. The van der Waals surface area contributed by atoms with Crippen molar-refractivity contribution in [2.24, 2.45) is 0 Å². The molecule has 2 saturated heterocycles. The molecule has 1 aromatic heterocycles. The summed E-state index contributed by atoms with van der Waals surface area (Å²) < 4.78 is 0. The predicted molar refractivity (Wildman–Crippen MR) is 79.6 cm³/mol. The molecular weight excluding hydrogens is 234 g/mol. The minimum Gasteiger partial charge on any atom is -0.357 e. The van der Waals surface area contributed by atoms with Gasteiger partial charge in [0.15, 0.2) is 0 Å². The van der Waals surface area contributed by atoms with Crippen LogP contribution in [0.4, 0.5) is 5.82 Å². The van der Waals surface area contributed by atoms with Crippen LogP contribution in [0.25, 0.3) is 0 Å². The molecule has 0 N–H and O–H groups in total. The van der Waals surface area contributed by atoms with Crippen molar-refractivity contribution in [1.29, 1.82) is 0 Å². The van der Waals surface area contributed by atoms with Crippen molar-refractivity contribution in [1.82, 2.24) is 9.88 Å². The lowest BCUT2D eigenvalue weighted by atomic mass is 10.0. The smallest absolute Gasteiger partial charge is 0.128 e. The van der Waals surface area contributed by atoms with Gasteiger partial charge in [0.05, 0.1) is 0 Å². The van der Waals surface area contributed by atoms with Crippen molar-refractivity contribution in [3.8, 4) is 0 Å². The summed E-state index contributed by atoms with van der Waals surface area (Å²) in [6.07, 6.45) is 7.39. The van der Waals surface area contributed by atoms with E-state index in [1.807, 2.05) is 0 Å². The maximum Gasteiger partial charge on any atom is 0.128 e. The lowest BCUT2D eigenvalue weighted by molar-refractivity contribution is 0.270. The topological polar surface area (TPSA) is 19.4 Å². The average Bonchev–Trinajstić information content (AvgIpc) is 3.09. The number of rotatable bonds is 3. The Bertz CT molecular complexity index is 438. The highest BCUT2D eigenvalue weighted by atomic mass is 15.2. The highest BCUT2D eigenvalue weighted by Gasteiger charge is 2.26. The Morgan fingerprint density at radius 2 is 2.00 bits per heavy atom. The fourth-order valence-corrected chi connectivity index (χ4v) is 3.58. The third kappa shape index (κ3) is 2.48. The van der Waals surface area contributed by atoms with E-state index < -0.39 is 0 Å². The van der Waals surface area contributed by atoms with Crippen molar-refractivity contribution in [3.05, 3.63) is 23.4 Å². The third-order valence-corrected chi connectivity index (χ3v) is 4.70. The van der Waals surface area contributed by atoms with E-state index in [2.05, 4.69) is 35.9 Å². The monoisotopic (exact) mass is 259 g/mol. The van der Waals surface area contributed by atoms with Crippen LogP contribution in [0.5, 0.6) is 0 Å². The van der Waals surface area contributed by atoms with E-state index in [-0.39, 0.29) is 0 Å². The molecule has 1 unspecified atom stereocenters. The molecular formula is C16H25N3. The Morgan fingerprint density at radius 3 is 2.68 bits per heavy atom. The Kier molecular flexibility index (Phi) is 3.74. The number of hydrogen-bond donors (Lipinski definition) is 0. The van der Waals surface area contributed by atoms with Crippen LogP contribution >= 0.6 is 0 Å². The largest absolute Gasteiger partial charge is 0.357 e. The predicted octanol–water partition coefficient (Wildman–Crippen LogP) is 3.15. The highest BCUT2D eigenvalue weighted by Crippen LogP contribution is 2.34. The van der Waals surface area contributed by atoms with Gasteiger partial charge in [-0.05, 0) is 62.9 Å². The quantitative estimate of drug-likeness (QED) is 0.831. The first-order valence-electron chi connectivity index (χ1n) is 7.75. The van der Waals surface area contributed by atoms with Crippen molar-refractivity contribution >= 4 is 5.82 Å². The van der Waals surface area contributed by atoms with Gasteiger partial charge in [0.1, 0.15) is 5.82 Å². The second-order valence-corrected chi connectivity index (χ2v) is 5.88. The van der Waals surface area contributed by atoms with Crippen molar-refractivity contribution in [2.45, 2.75) is 45.6 Å². The molecule has 3 rings (SSSR count). The molecule has 0 radical (unpaired) electrons. The summed E-state index contributed by atoms with van der Waals surface area (Å²) in [7, 11) is 0. The molecule has 0 saturated carbocycles. The van der Waals surface area contributed by atoms with Gasteiger partial charge in [0, 0.05) is 25.3 Å². The molecule has 3 heteroatoms. The molecule has 0 spiro atoms. The molecule has 0 bridgehead atoms. The number of pyridine rings is 1. The SMILES string of the molecule is CCN1CCCC1c1cnc(N2CCCC2)cc1C. The first kappa shape index (κ1) is 12.9. The molecule has 3 nitrogen and oxygen atoms in total. The molecule has 0 aromatic carbocycles. The van der Waals surface area contributed by atoms with Crippen molar-refractivity contribution in [2.75, 3.05) is 31.1 Å². The first-order chi connectivity index (χ1) is 9.29. The van der Waals surface area contributed by atoms with Crippen LogP contribution in [-0.2, 0) is 0 Å². The maximum atomic E-state index is 4.73. The molecule has 1 aromatic rings. The van der Waals surface area contributed by atoms with Crippen molar-refractivity contribution in [3.63, 3.8) is 0 Å². The molecule has 2 aliphatic rings. The van der Waals surface area contributed by atoms with Crippen LogP contribution < -0.4 is 4.90 Å². The number of hydrogen-bond acceptors (Lipinski definition) is 3. The van der Waals surface area contributed by atoms with Gasteiger partial charge in [0.25, 0.3) is 0 Å². The van der Waals surface area contributed by atoms with Gasteiger partial charge < -0.3 is 4.90 Å². The molecule has 3 heterocycles. The number of aromatic nitrogens is 1. The number of likely N-dealkylation sites (tertiary alicyclic amines) is 1. The zero-order valence-electron chi connectivity index (χ0n) is 12.2. The van der Waals surface area contributed by atoms with E-state index in [0.717, 1.165) is 6.54 Å². The van der Waals surface area contributed by atoms with Gasteiger partial charge in [-0.1, -0.05) is 6.92 Å². The van der Waals surface area contributed by atoms with E-state index in [4.69, 9.17) is 4.98 Å². The van der Waals surface area contributed by atoms with Gasteiger partial charge in [0.2, 0.25) is 0 Å². The standard InChI is InChI=1S/C16H25N3/c1-3-18-10-6-7-15(18)14-12-17-16(11-13(14)2)19-8-4-5-9-19/h11-12,15H,3-10H2,1-2H3. The summed E-state index contributed by atoms with van der Waals surface area (Å²) in [5, 5.41) is 0. The fraction of sp³-hybridized carbons (Fsp3) is 0.688. The van der Waals surface area contributed by atoms with Crippen LogP contribution in [0.3, 0.4) is 0 Å². The number of anilines is 1. The Morgan fingerprint density at radius 1 is 1.21 bits per heavy atom. The van der Waals surface area contributed by atoms with Gasteiger partial charge in [-0.15, -0.1) is 0 Å². The second-order valence-electron chi connectivity index (χ2n) is 5.88. The summed E-state index contributed by atoms with van der Waals surface area (Å²) in [5.74, 6) is 1.18. The van der Waals surface area contributed by atoms with E-state index in [9.17, 15) is 0 Å². The summed E-state index contributed by atoms with van der Waals surface area (Å²) >= 11 is 0. The van der Waals surface area contributed by atoms with Crippen LogP contribution in [0.2, 0.25) is 0 Å². The lowest BCUT2D eigenvalue weighted by Gasteiger charge is -2.25. The Hall–Kier alpha value is -1.09. The highest BCUT2D eigenvalue weighted by molar-refractivity contribution is 5.45. The molecule has 0 amide bonds. The minimum absolute atomic E-state index is 0.602. The number of nitrogens with zero attached hydrogens (tertiary/aromatic N) is 3. The van der Waals surface area contributed by atoms with Gasteiger partial charge >= 0.3 is 0 Å². The molecule has 104 valence electrons. The summed E-state index contributed by atoms with van der Waals surface area (Å²) in [4.78, 5) is 9.74. The average molecular weight is 259 g/mol. The van der Waals surface area contributed by atoms with E-state index >= 15 is 0 Å². The maximum absolute atomic E-state index is 4.73. The third-order valence-electron chi connectivity index (χ3n) is 4.70. The Labute approximate surface area is 116 Å². The van der Waals surface area contributed by atoms with E-state index in [1.165, 1.54) is 62.3 Å². The first-order valence-corrected chi connectivity index (χ1v) is 7.75. The Balaban J connectivity index is 1.83. The summed E-state index contributed by atoms with van der Waals surface area (Å²) in [6, 6.07) is 2.90. The summed E-state index contributed by atoms with van der Waals surface area (Å²) in [5.41, 5.74) is 2.87. The van der Waals surface area contributed by atoms with Crippen LogP contribution in [0.1, 0.15) is 49.8 Å². The van der Waals surface area contributed by atoms with Gasteiger partial charge in [-0.25, -0.2) is 4.98 Å². The van der Waals surface area contributed by atoms with Gasteiger partial charge in [-0.2, -0.15) is 0 Å². The van der Waals surface area contributed by atoms with E-state index in [0.29, 0.717) is 6.04 Å². The normalized spacial score (nSPS) is 24.3. The zero-order chi connectivity index (χ0) is 13.2. The van der Waals surface area contributed by atoms with Crippen molar-refractivity contribution < 1.29 is 0 Å². The number of aryl methyl sites for hydroxylation is 1. The van der Waals surface area contributed by atoms with Crippen LogP contribution in [0.15, 0.2) is 12.3 Å². The fourth-order valence-electron chi connectivity index (χ4n) is 3.58.